The predicted octanol–water partition coefficient (Wildman–Crippen LogP) is 2.70. The average Bonchev–Trinajstić information content (AvgIpc) is 2.88. The van der Waals surface area contributed by atoms with E-state index in [0.717, 1.165) is 18.2 Å². The van der Waals surface area contributed by atoms with Crippen LogP contribution in [0.15, 0.2) is 18.2 Å². The highest BCUT2D eigenvalue weighted by atomic mass is 35.5. The van der Waals surface area contributed by atoms with E-state index in [4.69, 9.17) is 22.1 Å². The largest absolute Gasteiger partial charge is 0.534 e. The summed E-state index contributed by atoms with van der Waals surface area (Å²) < 4.78 is 62.6. The molecule has 1 N–H and O–H groups in total. The molecule has 1 aromatic heterocycles. The predicted molar refractivity (Wildman–Crippen MR) is 74.1 cm³/mol. The Hall–Kier alpha value is -2.76. The molecule has 0 aliphatic heterocycles. The molecule has 0 saturated heterocycles. The number of nitrogens with zero attached hydrogens (tertiary/aromatic N) is 3. The van der Waals surface area contributed by atoms with Crippen LogP contribution in [0.5, 0.6) is 5.75 Å². The summed E-state index contributed by atoms with van der Waals surface area (Å²) in [5.74, 6) is -0.646. The molecule has 2 aromatic rings. The Balaban J connectivity index is 2.40. The van der Waals surface area contributed by atoms with Crippen molar-refractivity contribution >= 4 is 21.7 Å². The fourth-order valence-corrected chi connectivity index (χ4v) is 2.29. The standard InChI is InChI=1S/C12H4ClF3N4O3S/c13-8-3-6(23-24(21,22)12(14,15)16)1-2-7(8)11-19-9(4-17)10(5-18)20-11/h1-3H,(H,19,20). The summed E-state index contributed by atoms with van der Waals surface area (Å²) in [7, 11) is -5.82. The van der Waals surface area contributed by atoms with Gasteiger partial charge in [-0.3, -0.25) is 0 Å². The normalized spacial score (nSPS) is 11.6. The zero-order valence-corrected chi connectivity index (χ0v) is 12.8. The number of alkyl halides is 3. The lowest BCUT2D eigenvalue weighted by molar-refractivity contribution is -0.0500. The Morgan fingerprint density at radius 2 is 1.92 bits per heavy atom. The van der Waals surface area contributed by atoms with Gasteiger partial charge in [0.1, 0.15) is 23.7 Å². The van der Waals surface area contributed by atoms with Crippen LogP contribution in [0.2, 0.25) is 5.02 Å². The molecular formula is C12H4ClF3N4O3S. The fourth-order valence-electron chi connectivity index (χ4n) is 1.58. The molecule has 1 aromatic carbocycles. The van der Waals surface area contributed by atoms with Gasteiger partial charge in [0.15, 0.2) is 11.4 Å². The molecule has 0 amide bonds. The van der Waals surface area contributed by atoms with E-state index in [1.54, 1.807) is 12.1 Å². The molecule has 0 spiro atoms. The first-order valence-corrected chi connectivity index (χ1v) is 7.58. The molecular weight excluding hydrogens is 373 g/mol. The number of hydrogen-bond acceptors (Lipinski definition) is 6. The molecule has 0 bridgehead atoms. The lowest BCUT2D eigenvalue weighted by Gasteiger charge is -2.10. The van der Waals surface area contributed by atoms with Crippen LogP contribution >= 0.6 is 11.6 Å². The molecule has 1 heterocycles. The van der Waals surface area contributed by atoms with Gasteiger partial charge < -0.3 is 9.17 Å². The molecule has 0 unspecified atom stereocenters. The number of benzene rings is 1. The van der Waals surface area contributed by atoms with Gasteiger partial charge in [0.25, 0.3) is 0 Å². The van der Waals surface area contributed by atoms with Crippen LogP contribution < -0.4 is 4.18 Å². The Bertz CT molecular complexity index is 955. The second-order valence-corrected chi connectivity index (χ2v) is 6.10. The maximum absolute atomic E-state index is 12.3. The summed E-state index contributed by atoms with van der Waals surface area (Å²) >= 11 is 5.87. The van der Waals surface area contributed by atoms with Gasteiger partial charge in [-0.1, -0.05) is 11.6 Å². The van der Waals surface area contributed by atoms with E-state index >= 15 is 0 Å². The Morgan fingerprint density at radius 1 is 1.25 bits per heavy atom. The van der Waals surface area contributed by atoms with E-state index in [0.29, 0.717) is 0 Å². The summed E-state index contributed by atoms with van der Waals surface area (Å²) in [4.78, 5) is 6.32. The molecule has 0 radical (unpaired) electrons. The van der Waals surface area contributed by atoms with E-state index in [2.05, 4.69) is 14.2 Å². The number of imidazole rings is 1. The van der Waals surface area contributed by atoms with Crippen molar-refractivity contribution in [3.63, 3.8) is 0 Å². The number of halogens is 4. The van der Waals surface area contributed by atoms with Crippen LogP contribution in [0.3, 0.4) is 0 Å². The molecule has 124 valence electrons. The van der Waals surface area contributed by atoms with E-state index in [1.807, 2.05) is 0 Å². The van der Waals surface area contributed by atoms with Gasteiger partial charge in [0, 0.05) is 11.6 Å². The minimum atomic E-state index is -5.82. The maximum atomic E-state index is 12.3. The fraction of sp³-hybridized carbons (Fsp3) is 0.0833. The minimum Gasteiger partial charge on any atom is -0.376 e. The molecule has 0 aliphatic carbocycles. The summed E-state index contributed by atoms with van der Waals surface area (Å²) in [5, 5.41) is 17.4. The number of H-pyrrole nitrogens is 1. The average molecular weight is 377 g/mol. The minimum absolute atomic E-state index is 0.0123. The summed E-state index contributed by atoms with van der Waals surface area (Å²) in [5.41, 5.74) is -5.76. The Morgan fingerprint density at radius 3 is 2.38 bits per heavy atom. The molecule has 0 aliphatic rings. The third kappa shape index (κ3) is 3.27. The van der Waals surface area contributed by atoms with Crippen LogP contribution in [0.4, 0.5) is 13.2 Å². The van der Waals surface area contributed by atoms with Gasteiger partial charge >= 0.3 is 15.6 Å². The van der Waals surface area contributed by atoms with Crippen molar-refractivity contribution in [2.75, 3.05) is 0 Å². The quantitative estimate of drug-likeness (QED) is 0.649. The zero-order valence-electron chi connectivity index (χ0n) is 11.2. The molecule has 0 saturated carbocycles. The number of rotatable bonds is 3. The van der Waals surface area contributed by atoms with Gasteiger partial charge in [0.2, 0.25) is 0 Å². The van der Waals surface area contributed by atoms with Crippen LogP contribution in [-0.2, 0) is 10.1 Å². The smallest absolute Gasteiger partial charge is 0.376 e. The van der Waals surface area contributed by atoms with Gasteiger partial charge in [-0.25, -0.2) is 4.98 Å². The lowest BCUT2D eigenvalue weighted by atomic mass is 10.2. The number of aromatic amines is 1. The van der Waals surface area contributed by atoms with Crippen LogP contribution in [0.1, 0.15) is 11.4 Å². The third-order valence-electron chi connectivity index (χ3n) is 2.61. The molecule has 0 atom stereocenters. The highest BCUT2D eigenvalue weighted by Crippen LogP contribution is 2.33. The van der Waals surface area contributed by atoms with Crippen molar-refractivity contribution in [3.05, 3.63) is 34.6 Å². The van der Waals surface area contributed by atoms with Crippen LogP contribution in [-0.4, -0.2) is 23.9 Å². The second kappa shape index (κ2) is 6.03. The van der Waals surface area contributed by atoms with Gasteiger partial charge in [-0.05, 0) is 12.1 Å². The lowest BCUT2D eigenvalue weighted by Crippen LogP contribution is -2.28. The molecule has 0 fully saturated rings. The number of hydrogen-bond donors (Lipinski definition) is 1. The van der Waals surface area contributed by atoms with E-state index in [9.17, 15) is 21.6 Å². The summed E-state index contributed by atoms with van der Waals surface area (Å²) in [6.45, 7) is 0. The van der Waals surface area contributed by atoms with E-state index in [-0.39, 0.29) is 27.8 Å². The molecule has 12 heteroatoms. The Kier molecular flexibility index (Phi) is 4.42. The SMILES string of the molecule is N#Cc1nc(-c2ccc(OS(=O)(=O)C(F)(F)F)cc2Cl)[nH]c1C#N. The number of nitrogens with one attached hydrogen (secondary N) is 1. The van der Waals surface area contributed by atoms with Crippen LogP contribution in [0.25, 0.3) is 11.4 Å². The van der Waals surface area contributed by atoms with Gasteiger partial charge in [-0.2, -0.15) is 32.1 Å². The van der Waals surface area contributed by atoms with E-state index in [1.165, 1.54) is 0 Å². The molecule has 2 rings (SSSR count). The maximum Gasteiger partial charge on any atom is 0.534 e. The van der Waals surface area contributed by atoms with Crippen molar-refractivity contribution in [2.24, 2.45) is 0 Å². The number of nitriles is 2. The van der Waals surface area contributed by atoms with Gasteiger partial charge in [-0.15, -0.1) is 0 Å². The first kappa shape index (κ1) is 17.6. The topological polar surface area (TPSA) is 120 Å². The second-order valence-electron chi connectivity index (χ2n) is 4.16. The van der Waals surface area contributed by atoms with Crippen molar-refractivity contribution < 1.29 is 25.8 Å². The third-order valence-corrected chi connectivity index (χ3v) is 3.90. The van der Waals surface area contributed by atoms with E-state index < -0.39 is 21.4 Å². The van der Waals surface area contributed by atoms with Gasteiger partial charge in [0.05, 0.1) is 5.02 Å². The van der Waals surface area contributed by atoms with Crippen molar-refractivity contribution in [1.82, 2.24) is 9.97 Å². The number of aromatic nitrogens is 2. The Labute approximate surface area is 138 Å². The van der Waals surface area contributed by atoms with Crippen molar-refractivity contribution in [2.45, 2.75) is 5.51 Å². The molecule has 7 nitrogen and oxygen atoms in total. The first-order chi connectivity index (χ1) is 11.1. The first-order valence-electron chi connectivity index (χ1n) is 5.80. The summed E-state index contributed by atoms with van der Waals surface area (Å²) in [6, 6.07) is 6.27. The monoisotopic (exact) mass is 376 g/mol. The molecule has 24 heavy (non-hydrogen) atoms. The highest BCUT2D eigenvalue weighted by molar-refractivity contribution is 7.88. The zero-order chi connectivity index (χ0) is 18.1. The van der Waals surface area contributed by atoms with Crippen molar-refractivity contribution in [3.8, 4) is 29.3 Å². The van der Waals surface area contributed by atoms with Crippen molar-refractivity contribution in [1.29, 1.82) is 10.5 Å². The van der Waals surface area contributed by atoms with Crippen LogP contribution in [0, 0.1) is 22.7 Å². The summed E-state index contributed by atoms with van der Waals surface area (Å²) in [6.07, 6.45) is 0. The highest BCUT2D eigenvalue weighted by Gasteiger charge is 2.48.